The molecule has 0 aliphatic carbocycles. The van der Waals surface area contributed by atoms with E-state index in [0.717, 1.165) is 16.6 Å². The highest BCUT2D eigenvalue weighted by molar-refractivity contribution is 5.94. The highest BCUT2D eigenvalue weighted by atomic mass is 16.4. The third kappa shape index (κ3) is 1.80. The average molecular weight is 267 g/mol. The normalized spacial score (nSPS) is 10.8. The molecule has 0 aliphatic heterocycles. The third-order valence-corrected chi connectivity index (χ3v) is 3.25. The Morgan fingerprint density at radius 3 is 2.75 bits per heavy atom. The molecular formula is C15H13N3O2. The summed E-state index contributed by atoms with van der Waals surface area (Å²) in [6.45, 7) is 1.89. The molecule has 0 amide bonds. The van der Waals surface area contributed by atoms with E-state index < -0.39 is 5.97 Å². The van der Waals surface area contributed by atoms with Gasteiger partial charge in [-0.1, -0.05) is 12.1 Å². The van der Waals surface area contributed by atoms with Gasteiger partial charge in [-0.15, -0.1) is 0 Å². The number of nitrogen functional groups attached to an aromatic ring is 1. The van der Waals surface area contributed by atoms with Gasteiger partial charge >= 0.3 is 5.97 Å². The van der Waals surface area contributed by atoms with Crippen molar-refractivity contribution < 1.29 is 9.90 Å². The van der Waals surface area contributed by atoms with E-state index in [0.29, 0.717) is 11.4 Å². The van der Waals surface area contributed by atoms with E-state index in [-0.39, 0.29) is 5.56 Å². The second-order valence-corrected chi connectivity index (χ2v) is 4.60. The van der Waals surface area contributed by atoms with Crippen LogP contribution >= 0.6 is 0 Å². The van der Waals surface area contributed by atoms with Crippen LogP contribution in [0, 0.1) is 6.92 Å². The van der Waals surface area contributed by atoms with E-state index in [9.17, 15) is 9.90 Å². The van der Waals surface area contributed by atoms with Crippen molar-refractivity contribution >= 4 is 22.6 Å². The summed E-state index contributed by atoms with van der Waals surface area (Å²) in [5.41, 5.74) is 8.81. The Bertz CT molecular complexity index is 821. The Morgan fingerprint density at radius 2 is 2.00 bits per heavy atom. The van der Waals surface area contributed by atoms with E-state index in [1.165, 1.54) is 0 Å². The zero-order valence-corrected chi connectivity index (χ0v) is 10.9. The molecule has 0 spiro atoms. The number of hydrogen-bond acceptors (Lipinski definition) is 3. The van der Waals surface area contributed by atoms with Gasteiger partial charge in [0.05, 0.1) is 22.5 Å². The van der Waals surface area contributed by atoms with Crippen molar-refractivity contribution in [3.05, 3.63) is 53.7 Å². The fourth-order valence-electron chi connectivity index (χ4n) is 2.31. The summed E-state index contributed by atoms with van der Waals surface area (Å²) in [6.07, 6.45) is 0. The minimum Gasteiger partial charge on any atom is -0.478 e. The number of benzene rings is 2. The Kier molecular flexibility index (Phi) is 2.68. The molecule has 3 rings (SSSR count). The van der Waals surface area contributed by atoms with E-state index in [1.54, 1.807) is 35.0 Å². The highest BCUT2D eigenvalue weighted by Gasteiger charge is 2.15. The molecule has 5 nitrogen and oxygen atoms in total. The van der Waals surface area contributed by atoms with Crippen molar-refractivity contribution in [2.24, 2.45) is 0 Å². The second kappa shape index (κ2) is 4.38. The van der Waals surface area contributed by atoms with E-state index in [4.69, 9.17) is 5.73 Å². The van der Waals surface area contributed by atoms with Gasteiger partial charge < -0.3 is 10.8 Å². The molecule has 0 radical (unpaired) electrons. The molecule has 0 bridgehead atoms. The number of rotatable bonds is 2. The molecule has 0 fully saturated rings. The number of aromatic nitrogens is 2. The standard InChI is InChI=1S/C15H13N3O2/c1-9-11-7-6-10(16)8-14(11)18(17-9)13-5-3-2-4-12(13)15(19)20/h2-8H,16H2,1H3,(H,19,20). The lowest BCUT2D eigenvalue weighted by Gasteiger charge is -2.07. The number of para-hydroxylation sites is 1. The number of anilines is 1. The molecular weight excluding hydrogens is 254 g/mol. The summed E-state index contributed by atoms with van der Waals surface area (Å²) in [5, 5.41) is 14.7. The maximum absolute atomic E-state index is 11.3. The third-order valence-electron chi connectivity index (χ3n) is 3.25. The molecule has 3 aromatic rings. The zero-order valence-electron chi connectivity index (χ0n) is 10.9. The van der Waals surface area contributed by atoms with Crippen LogP contribution in [0.1, 0.15) is 16.1 Å². The van der Waals surface area contributed by atoms with Gasteiger partial charge in [-0.05, 0) is 37.3 Å². The van der Waals surface area contributed by atoms with Gasteiger partial charge in [0.15, 0.2) is 0 Å². The number of fused-ring (bicyclic) bond motifs is 1. The van der Waals surface area contributed by atoms with Crippen LogP contribution in [0.2, 0.25) is 0 Å². The van der Waals surface area contributed by atoms with Crippen LogP contribution in [-0.4, -0.2) is 20.9 Å². The number of aromatic carboxylic acids is 1. The zero-order chi connectivity index (χ0) is 14.3. The molecule has 0 saturated carbocycles. The predicted octanol–water partition coefficient (Wildman–Crippen LogP) is 2.61. The van der Waals surface area contributed by atoms with Crippen LogP contribution in [0.5, 0.6) is 0 Å². The van der Waals surface area contributed by atoms with Crippen molar-refractivity contribution in [1.29, 1.82) is 0 Å². The molecule has 0 atom stereocenters. The first kappa shape index (κ1) is 12.2. The van der Waals surface area contributed by atoms with Gasteiger partial charge in [0.25, 0.3) is 0 Å². The largest absolute Gasteiger partial charge is 0.478 e. The number of carboxylic acids is 1. The van der Waals surface area contributed by atoms with Gasteiger partial charge in [-0.2, -0.15) is 5.10 Å². The van der Waals surface area contributed by atoms with Crippen molar-refractivity contribution in [3.63, 3.8) is 0 Å². The minimum absolute atomic E-state index is 0.208. The number of aryl methyl sites for hydroxylation is 1. The van der Waals surface area contributed by atoms with Gasteiger partial charge in [0, 0.05) is 11.1 Å². The lowest BCUT2D eigenvalue weighted by molar-refractivity contribution is 0.0697. The predicted molar refractivity (Wildman–Crippen MR) is 77.2 cm³/mol. The number of carbonyl (C=O) groups is 1. The van der Waals surface area contributed by atoms with Crippen LogP contribution in [0.3, 0.4) is 0 Å². The first-order valence-corrected chi connectivity index (χ1v) is 6.15. The number of hydrogen-bond donors (Lipinski definition) is 2. The van der Waals surface area contributed by atoms with Crippen molar-refractivity contribution in [3.8, 4) is 5.69 Å². The summed E-state index contributed by atoms with van der Waals surface area (Å²) < 4.78 is 1.63. The van der Waals surface area contributed by atoms with Crippen LogP contribution in [0.15, 0.2) is 42.5 Å². The van der Waals surface area contributed by atoms with Crippen molar-refractivity contribution in [2.75, 3.05) is 5.73 Å². The minimum atomic E-state index is -0.981. The fourth-order valence-corrected chi connectivity index (χ4v) is 2.31. The molecule has 20 heavy (non-hydrogen) atoms. The van der Waals surface area contributed by atoms with E-state index in [1.807, 2.05) is 19.1 Å². The second-order valence-electron chi connectivity index (χ2n) is 4.60. The van der Waals surface area contributed by atoms with Gasteiger partial charge in [0.1, 0.15) is 0 Å². The summed E-state index contributed by atoms with van der Waals surface area (Å²) in [7, 11) is 0. The maximum atomic E-state index is 11.3. The van der Waals surface area contributed by atoms with Gasteiger partial charge in [-0.3, -0.25) is 0 Å². The van der Waals surface area contributed by atoms with Crippen LogP contribution < -0.4 is 5.73 Å². The lowest BCUT2D eigenvalue weighted by Crippen LogP contribution is -2.06. The first-order valence-electron chi connectivity index (χ1n) is 6.15. The molecule has 0 saturated heterocycles. The molecule has 5 heteroatoms. The van der Waals surface area contributed by atoms with E-state index in [2.05, 4.69) is 5.10 Å². The summed E-state index contributed by atoms with van der Waals surface area (Å²) >= 11 is 0. The maximum Gasteiger partial charge on any atom is 0.337 e. The summed E-state index contributed by atoms with van der Waals surface area (Å²) in [4.78, 5) is 11.3. The number of nitrogens with two attached hydrogens (primary N) is 1. The SMILES string of the molecule is Cc1nn(-c2ccccc2C(=O)O)c2cc(N)ccc12. The number of carboxylic acid groups (broad SMARTS) is 1. The Labute approximate surface area is 115 Å². The molecule has 3 N–H and O–H groups in total. The van der Waals surface area contributed by atoms with Gasteiger partial charge in [0.2, 0.25) is 0 Å². The summed E-state index contributed by atoms with van der Waals surface area (Å²) in [6, 6.07) is 12.3. The van der Waals surface area contributed by atoms with Crippen molar-refractivity contribution in [2.45, 2.75) is 6.92 Å². The topological polar surface area (TPSA) is 81.1 Å². The smallest absolute Gasteiger partial charge is 0.337 e. The van der Waals surface area contributed by atoms with E-state index >= 15 is 0 Å². The van der Waals surface area contributed by atoms with Gasteiger partial charge in [-0.25, -0.2) is 9.48 Å². The Morgan fingerprint density at radius 1 is 1.25 bits per heavy atom. The molecule has 0 unspecified atom stereocenters. The highest BCUT2D eigenvalue weighted by Crippen LogP contribution is 2.25. The number of nitrogens with zero attached hydrogens (tertiary/aromatic N) is 2. The molecule has 1 aromatic heterocycles. The fraction of sp³-hybridized carbons (Fsp3) is 0.0667. The van der Waals surface area contributed by atoms with Crippen LogP contribution in [0.4, 0.5) is 5.69 Å². The first-order chi connectivity index (χ1) is 9.58. The quantitative estimate of drug-likeness (QED) is 0.699. The average Bonchev–Trinajstić information content (AvgIpc) is 2.75. The van der Waals surface area contributed by atoms with Crippen LogP contribution in [0.25, 0.3) is 16.6 Å². The molecule has 2 aromatic carbocycles. The Balaban J connectivity index is 2.36. The molecule has 1 heterocycles. The Hall–Kier alpha value is -2.82. The monoisotopic (exact) mass is 267 g/mol. The lowest BCUT2D eigenvalue weighted by atomic mass is 10.1. The molecule has 100 valence electrons. The van der Waals surface area contributed by atoms with Crippen LogP contribution in [-0.2, 0) is 0 Å². The summed E-state index contributed by atoms with van der Waals surface area (Å²) in [5.74, 6) is -0.981. The molecule has 0 aliphatic rings. The van der Waals surface area contributed by atoms with Crippen molar-refractivity contribution in [1.82, 2.24) is 9.78 Å².